The van der Waals surface area contributed by atoms with Crippen LogP contribution in [0, 0.1) is 15.9 Å². The van der Waals surface area contributed by atoms with Gasteiger partial charge in [0.2, 0.25) is 5.88 Å². The Labute approximate surface area is 160 Å². The minimum atomic E-state index is -0.898. The molecule has 28 heavy (non-hydrogen) atoms. The van der Waals surface area contributed by atoms with Crippen LogP contribution in [0.1, 0.15) is 6.42 Å². The molecule has 11 heteroatoms. The molecule has 0 bridgehead atoms. The number of ether oxygens (including phenoxy) is 1. The van der Waals surface area contributed by atoms with E-state index in [4.69, 9.17) is 4.74 Å². The first-order valence-electron chi connectivity index (χ1n) is 8.49. The average Bonchev–Trinajstić information content (AvgIpc) is 3.14. The van der Waals surface area contributed by atoms with Gasteiger partial charge in [-0.2, -0.15) is 0 Å². The van der Waals surface area contributed by atoms with Crippen LogP contribution in [0.4, 0.5) is 20.7 Å². The molecule has 0 radical (unpaired) electrons. The Hall–Kier alpha value is -3.34. The Morgan fingerprint density at radius 3 is 2.82 bits per heavy atom. The minimum absolute atomic E-state index is 0.00866. The average molecular weight is 390 g/mol. The zero-order valence-corrected chi connectivity index (χ0v) is 15.3. The molecule has 148 valence electrons. The Kier molecular flexibility index (Phi) is 5.64. The van der Waals surface area contributed by atoms with Gasteiger partial charge in [-0.05, 0) is 26.6 Å². The van der Waals surface area contributed by atoms with Crippen molar-refractivity contribution < 1.29 is 18.8 Å². The molecule has 2 amide bonds. The highest BCUT2D eigenvalue weighted by Gasteiger charge is 2.27. The summed E-state index contributed by atoms with van der Waals surface area (Å²) in [4.78, 5) is 33.9. The number of non-ortho nitro benzene ring substituents is 1. The zero-order valence-electron chi connectivity index (χ0n) is 15.3. The highest BCUT2D eigenvalue weighted by Crippen LogP contribution is 2.27. The molecule has 1 N–H and O–H groups in total. The number of carbonyl (C=O) groups excluding carboxylic acids is 1. The fraction of sp³-hybridized carbons (Fsp3) is 0.353. The number of rotatable bonds is 5. The number of halogens is 1. The van der Waals surface area contributed by atoms with Gasteiger partial charge in [-0.3, -0.25) is 15.4 Å². The molecule has 0 saturated carbocycles. The lowest BCUT2D eigenvalue weighted by atomic mass is 10.2. The molecule has 1 aromatic carbocycles. The number of urea groups is 1. The highest BCUT2D eigenvalue weighted by molar-refractivity contribution is 5.88. The van der Waals surface area contributed by atoms with Gasteiger partial charge in [-0.1, -0.05) is 0 Å². The number of likely N-dealkylation sites (N-methyl/N-ethyl adjacent to an activating group) is 1. The second-order valence-corrected chi connectivity index (χ2v) is 6.50. The van der Waals surface area contributed by atoms with Gasteiger partial charge < -0.3 is 14.5 Å². The van der Waals surface area contributed by atoms with Crippen molar-refractivity contribution in [1.29, 1.82) is 0 Å². The molecule has 1 aliphatic rings. The molecule has 3 rings (SSSR count). The number of nitro benzene ring substituents is 1. The van der Waals surface area contributed by atoms with E-state index in [-0.39, 0.29) is 29.2 Å². The van der Waals surface area contributed by atoms with Gasteiger partial charge in [0.25, 0.3) is 5.69 Å². The van der Waals surface area contributed by atoms with Gasteiger partial charge in [-0.25, -0.2) is 19.2 Å². The van der Waals surface area contributed by atoms with Crippen LogP contribution in [0.2, 0.25) is 0 Å². The third-order valence-corrected chi connectivity index (χ3v) is 4.40. The molecule has 0 spiro atoms. The topological polar surface area (TPSA) is 114 Å². The van der Waals surface area contributed by atoms with Crippen molar-refractivity contribution in [3.8, 4) is 11.6 Å². The maximum atomic E-state index is 14.0. The molecule has 0 unspecified atom stereocenters. The molecule has 0 aliphatic carbocycles. The van der Waals surface area contributed by atoms with E-state index in [0.29, 0.717) is 19.1 Å². The predicted molar refractivity (Wildman–Crippen MR) is 97.8 cm³/mol. The second-order valence-electron chi connectivity index (χ2n) is 6.50. The standard InChI is InChI=1S/C17H19FN6O4/c1-22(2)12-5-6-23(9-12)17(25)21-15-8-16(20-10-19-15)28-14-4-3-11(24(26)27)7-13(14)18/h3-4,7-8,10,12H,5-6,9H2,1-2H3,(H,19,20,21,25)/t12-/m1/s1. The van der Waals surface area contributed by atoms with Crippen LogP contribution < -0.4 is 10.1 Å². The lowest BCUT2D eigenvalue weighted by Crippen LogP contribution is -2.37. The van der Waals surface area contributed by atoms with E-state index in [1.165, 1.54) is 12.4 Å². The molecule has 10 nitrogen and oxygen atoms in total. The van der Waals surface area contributed by atoms with E-state index in [1.54, 1.807) is 4.90 Å². The normalized spacial score (nSPS) is 16.3. The number of aromatic nitrogens is 2. The number of hydrogen-bond acceptors (Lipinski definition) is 7. The van der Waals surface area contributed by atoms with E-state index in [0.717, 1.165) is 24.6 Å². The Morgan fingerprint density at radius 1 is 1.39 bits per heavy atom. The number of likely N-dealkylation sites (tertiary alicyclic amines) is 1. The van der Waals surface area contributed by atoms with Crippen LogP contribution in [0.5, 0.6) is 11.6 Å². The summed E-state index contributed by atoms with van der Waals surface area (Å²) in [6, 6.07) is 4.37. The van der Waals surface area contributed by atoms with Crippen LogP contribution in [0.15, 0.2) is 30.6 Å². The maximum Gasteiger partial charge on any atom is 0.323 e. The SMILES string of the molecule is CN(C)[C@@H]1CCN(C(=O)Nc2cc(Oc3ccc([N+](=O)[O-])cc3F)ncn2)C1. The lowest BCUT2D eigenvalue weighted by Gasteiger charge is -2.20. The summed E-state index contributed by atoms with van der Waals surface area (Å²) in [6.07, 6.45) is 2.05. The van der Waals surface area contributed by atoms with E-state index >= 15 is 0 Å². The molecular formula is C17H19FN6O4. The maximum absolute atomic E-state index is 14.0. The van der Waals surface area contributed by atoms with E-state index < -0.39 is 10.7 Å². The first-order valence-corrected chi connectivity index (χ1v) is 8.49. The Bertz CT molecular complexity index is 894. The molecule has 2 heterocycles. The number of amides is 2. The van der Waals surface area contributed by atoms with Crippen molar-refractivity contribution in [1.82, 2.24) is 19.8 Å². The van der Waals surface area contributed by atoms with Gasteiger partial charge in [0, 0.05) is 31.3 Å². The van der Waals surface area contributed by atoms with Gasteiger partial charge in [0.05, 0.1) is 11.0 Å². The summed E-state index contributed by atoms with van der Waals surface area (Å²) in [5, 5.41) is 13.3. The fourth-order valence-corrected chi connectivity index (χ4v) is 2.80. The molecular weight excluding hydrogens is 371 g/mol. The molecule has 1 saturated heterocycles. The highest BCUT2D eigenvalue weighted by atomic mass is 19.1. The third kappa shape index (κ3) is 4.49. The fourth-order valence-electron chi connectivity index (χ4n) is 2.80. The number of nitrogens with one attached hydrogen (secondary N) is 1. The second kappa shape index (κ2) is 8.13. The summed E-state index contributed by atoms with van der Waals surface area (Å²) in [7, 11) is 3.94. The Balaban J connectivity index is 1.66. The van der Waals surface area contributed by atoms with Gasteiger partial charge in [0.15, 0.2) is 11.6 Å². The summed E-state index contributed by atoms with van der Waals surface area (Å²) in [6.45, 7) is 1.25. The molecule has 1 atom stereocenters. The van der Waals surface area contributed by atoms with Crippen molar-refractivity contribution in [3.05, 3.63) is 46.5 Å². The number of carbonyl (C=O) groups is 1. The van der Waals surface area contributed by atoms with Crippen molar-refractivity contribution >= 4 is 17.5 Å². The van der Waals surface area contributed by atoms with Crippen LogP contribution in [-0.2, 0) is 0 Å². The van der Waals surface area contributed by atoms with Crippen LogP contribution in [0.25, 0.3) is 0 Å². The summed E-state index contributed by atoms with van der Waals surface area (Å²) < 4.78 is 19.3. The Morgan fingerprint density at radius 2 is 2.18 bits per heavy atom. The number of hydrogen-bond donors (Lipinski definition) is 1. The van der Waals surface area contributed by atoms with Crippen LogP contribution in [-0.4, -0.2) is 63.9 Å². The van der Waals surface area contributed by atoms with E-state index in [2.05, 4.69) is 20.2 Å². The summed E-state index contributed by atoms with van der Waals surface area (Å²) in [5.74, 6) is -0.934. The summed E-state index contributed by atoms with van der Waals surface area (Å²) in [5.41, 5.74) is -0.387. The minimum Gasteiger partial charge on any atom is -0.436 e. The van der Waals surface area contributed by atoms with Gasteiger partial charge in [-0.15, -0.1) is 0 Å². The number of nitrogens with zero attached hydrogens (tertiary/aromatic N) is 5. The predicted octanol–water partition coefficient (Wildman–Crippen LogP) is 2.48. The molecule has 1 aliphatic heterocycles. The smallest absolute Gasteiger partial charge is 0.323 e. The molecule has 2 aromatic rings. The van der Waals surface area contributed by atoms with Crippen molar-refractivity contribution in [2.75, 3.05) is 32.5 Å². The molecule has 1 aromatic heterocycles. The van der Waals surface area contributed by atoms with Crippen LogP contribution >= 0.6 is 0 Å². The van der Waals surface area contributed by atoms with Gasteiger partial charge >= 0.3 is 6.03 Å². The van der Waals surface area contributed by atoms with Crippen LogP contribution in [0.3, 0.4) is 0 Å². The van der Waals surface area contributed by atoms with E-state index in [1.807, 2.05) is 14.1 Å². The van der Waals surface area contributed by atoms with Crippen molar-refractivity contribution in [2.45, 2.75) is 12.5 Å². The van der Waals surface area contributed by atoms with Crippen molar-refractivity contribution in [3.63, 3.8) is 0 Å². The lowest BCUT2D eigenvalue weighted by molar-refractivity contribution is -0.385. The first-order chi connectivity index (χ1) is 13.3. The zero-order chi connectivity index (χ0) is 20.3. The van der Waals surface area contributed by atoms with E-state index in [9.17, 15) is 19.3 Å². The third-order valence-electron chi connectivity index (χ3n) is 4.40. The summed E-state index contributed by atoms with van der Waals surface area (Å²) >= 11 is 0. The monoisotopic (exact) mass is 390 g/mol. The molecule has 1 fully saturated rings. The number of benzene rings is 1. The quantitative estimate of drug-likeness (QED) is 0.616. The van der Waals surface area contributed by atoms with Gasteiger partial charge in [0.1, 0.15) is 12.1 Å². The number of anilines is 1. The number of nitro groups is 1. The largest absolute Gasteiger partial charge is 0.436 e. The van der Waals surface area contributed by atoms with Crippen molar-refractivity contribution in [2.24, 2.45) is 0 Å². The first kappa shape index (κ1) is 19.4.